The van der Waals surface area contributed by atoms with Crippen LogP contribution in [0, 0.1) is 12.7 Å². The minimum Gasteiger partial charge on any atom is -0.308 e. The number of rotatable bonds is 3. The Morgan fingerprint density at radius 2 is 2.22 bits per heavy atom. The molecule has 1 N–H and O–H groups in total. The van der Waals surface area contributed by atoms with Crippen molar-refractivity contribution in [3.63, 3.8) is 0 Å². The monoisotopic (exact) mass is 248 g/mol. The molecule has 2 saturated heterocycles. The van der Waals surface area contributed by atoms with Gasteiger partial charge in [-0.1, -0.05) is 12.1 Å². The molecule has 0 amide bonds. The summed E-state index contributed by atoms with van der Waals surface area (Å²) < 4.78 is 13.2. The van der Waals surface area contributed by atoms with Crippen LogP contribution < -0.4 is 5.32 Å². The van der Waals surface area contributed by atoms with E-state index in [-0.39, 0.29) is 5.82 Å². The fraction of sp³-hybridized carbons (Fsp3) is 0.600. The highest BCUT2D eigenvalue weighted by molar-refractivity contribution is 5.23. The maximum atomic E-state index is 13.2. The first-order valence-electron chi connectivity index (χ1n) is 6.96. The number of hydrogen-bond acceptors (Lipinski definition) is 2. The van der Waals surface area contributed by atoms with Crippen LogP contribution in [0.5, 0.6) is 0 Å². The van der Waals surface area contributed by atoms with Gasteiger partial charge in [0.05, 0.1) is 0 Å². The predicted molar refractivity (Wildman–Crippen MR) is 71.0 cm³/mol. The van der Waals surface area contributed by atoms with E-state index in [0.29, 0.717) is 6.04 Å². The van der Waals surface area contributed by atoms with Gasteiger partial charge in [-0.15, -0.1) is 0 Å². The summed E-state index contributed by atoms with van der Waals surface area (Å²) in [6.45, 7) is 5.20. The average Bonchev–Trinajstić information content (AvgIpc) is 2.94. The summed E-state index contributed by atoms with van der Waals surface area (Å²) in [5, 5.41) is 3.65. The lowest BCUT2D eigenvalue weighted by Gasteiger charge is -2.21. The van der Waals surface area contributed by atoms with E-state index in [1.807, 2.05) is 19.1 Å². The normalized spacial score (nSPS) is 27.7. The standard InChI is InChI=1S/C15H21FN2/c1-11-9-12(4-5-13(11)16)10-17-14-6-8-18-7-2-3-15(14)18/h4-5,9,14-15,17H,2-3,6-8,10H2,1H3. The Bertz CT molecular complexity index is 433. The molecule has 2 atom stereocenters. The Labute approximate surface area is 108 Å². The Morgan fingerprint density at radius 1 is 1.33 bits per heavy atom. The lowest BCUT2D eigenvalue weighted by Crippen LogP contribution is -2.38. The van der Waals surface area contributed by atoms with Gasteiger partial charge in [0.2, 0.25) is 0 Å². The first-order chi connectivity index (χ1) is 8.74. The summed E-state index contributed by atoms with van der Waals surface area (Å²) in [5.74, 6) is -0.110. The molecule has 98 valence electrons. The van der Waals surface area contributed by atoms with Crippen LogP contribution in [0.15, 0.2) is 18.2 Å². The molecule has 0 aliphatic carbocycles. The second kappa shape index (κ2) is 4.98. The molecule has 2 aliphatic heterocycles. The van der Waals surface area contributed by atoms with Crippen molar-refractivity contribution in [2.45, 2.75) is 44.8 Å². The third-order valence-corrected chi connectivity index (χ3v) is 4.40. The van der Waals surface area contributed by atoms with Crippen molar-refractivity contribution < 1.29 is 4.39 Å². The fourth-order valence-corrected chi connectivity index (χ4v) is 3.39. The summed E-state index contributed by atoms with van der Waals surface area (Å²) >= 11 is 0. The van der Waals surface area contributed by atoms with Crippen LogP contribution in [0.25, 0.3) is 0 Å². The van der Waals surface area contributed by atoms with Crippen molar-refractivity contribution in [2.24, 2.45) is 0 Å². The molecule has 0 aromatic heterocycles. The number of fused-ring (bicyclic) bond motifs is 1. The number of halogens is 1. The van der Waals surface area contributed by atoms with Crippen molar-refractivity contribution in [1.82, 2.24) is 10.2 Å². The number of nitrogens with one attached hydrogen (secondary N) is 1. The van der Waals surface area contributed by atoms with Gasteiger partial charge in [-0.2, -0.15) is 0 Å². The molecule has 1 aromatic rings. The summed E-state index contributed by atoms with van der Waals surface area (Å²) in [6, 6.07) is 6.77. The molecule has 2 nitrogen and oxygen atoms in total. The number of benzene rings is 1. The number of hydrogen-bond donors (Lipinski definition) is 1. The molecule has 2 aliphatic rings. The molecule has 2 unspecified atom stereocenters. The highest BCUT2D eigenvalue weighted by Crippen LogP contribution is 2.28. The van der Waals surface area contributed by atoms with Gasteiger partial charge in [0.25, 0.3) is 0 Å². The van der Waals surface area contributed by atoms with Crippen LogP contribution in [-0.2, 0) is 6.54 Å². The largest absolute Gasteiger partial charge is 0.308 e. The van der Waals surface area contributed by atoms with E-state index in [1.165, 1.54) is 37.9 Å². The van der Waals surface area contributed by atoms with Gasteiger partial charge in [0.1, 0.15) is 5.82 Å². The van der Waals surface area contributed by atoms with E-state index in [4.69, 9.17) is 0 Å². The number of nitrogens with zero attached hydrogens (tertiary/aromatic N) is 1. The fourth-order valence-electron chi connectivity index (χ4n) is 3.39. The minimum atomic E-state index is -0.110. The van der Waals surface area contributed by atoms with E-state index in [0.717, 1.165) is 18.2 Å². The second-order valence-corrected chi connectivity index (χ2v) is 5.61. The zero-order valence-electron chi connectivity index (χ0n) is 11.0. The van der Waals surface area contributed by atoms with E-state index in [1.54, 1.807) is 6.07 Å². The van der Waals surface area contributed by atoms with Gasteiger partial charge in [0.15, 0.2) is 0 Å². The van der Waals surface area contributed by atoms with Crippen LogP contribution in [0.2, 0.25) is 0 Å². The van der Waals surface area contributed by atoms with Gasteiger partial charge < -0.3 is 5.32 Å². The molecule has 3 heteroatoms. The SMILES string of the molecule is Cc1cc(CNC2CCN3CCCC23)ccc1F. The summed E-state index contributed by atoms with van der Waals surface area (Å²) in [6.07, 6.45) is 3.93. The second-order valence-electron chi connectivity index (χ2n) is 5.61. The zero-order chi connectivity index (χ0) is 12.5. The third kappa shape index (κ3) is 2.29. The Hall–Kier alpha value is -0.930. The van der Waals surface area contributed by atoms with Crippen molar-refractivity contribution in [3.05, 3.63) is 35.1 Å². The Balaban J connectivity index is 1.59. The maximum Gasteiger partial charge on any atom is 0.126 e. The molecular formula is C15H21FN2. The third-order valence-electron chi connectivity index (χ3n) is 4.40. The van der Waals surface area contributed by atoms with E-state index in [2.05, 4.69) is 10.2 Å². The van der Waals surface area contributed by atoms with Crippen LogP contribution in [-0.4, -0.2) is 30.1 Å². The molecule has 0 bridgehead atoms. The zero-order valence-corrected chi connectivity index (χ0v) is 11.0. The first-order valence-corrected chi connectivity index (χ1v) is 6.96. The first kappa shape index (κ1) is 12.1. The van der Waals surface area contributed by atoms with Gasteiger partial charge in [-0.25, -0.2) is 4.39 Å². The Kier molecular flexibility index (Phi) is 3.35. The Morgan fingerprint density at radius 3 is 3.06 bits per heavy atom. The van der Waals surface area contributed by atoms with E-state index < -0.39 is 0 Å². The molecular weight excluding hydrogens is 227 g/mol. The van der Waals surface area contributed by atoms with E-state index >= 15 is 0 Å². The molecule has 18 heavy (non-hydrogen) atoms. The van der Waals surface area contributed by atoms with Crippen LogP contribution >= 0.6 is 0 Å². The molecule has 0 radical (unpaired) electrons. The van der Waals surface area contributed by atoms with Crippen LogP contribution in [0.3, 0.4) is 0 Å². The quantitative estimate of drug-likeness (QED) is 0.884. The summed E-state index contributed by atoms with van der Waals surface area (Å²) in [7, 11) is 0. The van der Waals surface area contributed by atoms with Crippen molar-refractivity contribution in [2.75, 3.05) is 13.1 Å². The van der Waals surface area contributed by atoms with Crippen LogP contribution in [0.1, 0.15) is 30.4 Å². The average molecular weight is 248 g/mol. The van der Waals surface area contributed by atoms with Gasteiger partial charge >= 0.3 is 0 Å². The minimum absolute atomic E-state index is 0.110. The van der Waals surface area contributed by atoms with Crippen molar-refractivity contribution in [1.29, 1.82) is 0 Å². The topological polar surface area (TPSA) is 15.3 Å². The smallest absolute Gasteiger partial charge is 0.126 e. The molecule has 0 spiro atoms. The van der Waals surface area contributed by atoms with Crippen LogP contribution in [0.4, 0.5) is 4.39 Å². The highest BCUT2D eigenvalue weighted by Gasteiger charge is 2.36. The molecule has 1 aromatic carbocycles. The molecule has 2 heterocycles. The maximum absolute atomic E-state index is 13.2. The van der Waals surface area contributed by atoms with Crippen molar-refractivity contribution >= 4 is 0 Å². The highest BCUT2D eigenvalue weighted by atomic mass is 19.1. The van der Waals surface area contributed by atoms with Gasteiger partial charge in [-0.3, -0.25) is 4.90 Å². The molecule has 0 saturated carbocycles. The predicted octanol–water partition coefficient (Wildman–Crippen LogP) is 2.46. The summed E-state index contributed by atoms with van der Waals surface area (Å²) in [5.41, 5.74) is 1.92. The molecule has 2 fully saturated rings. The van der Waals surface area contributed by atoms with Gasteiger partial charge in [0, 0.05) is 25.2 Å². The lowest BCUT2D eigenvalue weighted by atomic mass is 10.1. The summed E-state index contributed by atoms with van der Waals surface area (Å²) in [4.78, 5) is 2.60. The van der Waals surface area contributed by atoms with E-state index in [9.17, 15) is 4.39 Å². The van der Waals surface area contributed by atoms with Gasteiger partial charge in [-0.05, 0) is 49.9 Å². The lowest BCUT2D eigenvalue weighted by molar-refractivity contribution is 0.298. The van der Waals surface area contributed by atoms with Crippen molar-refractivity contribution in [3.8, 4) is 0 Å². The molecule has 3 rings (SSSR count). The number of aryl methyl sites for hydroxylation is 1.